The van der Waals surface area contributed by atoms with Crippen LogP contribution < -0.4 is 10.4 Å². The molecule has 0 aliphatic heterocycles. The Balaban J connectivity index is 2.07. The number of ether oxygens (including phenoxy) is 2. The summed E-state index contributed by atoms with van der Waals surface area (Å²) >= 11 is 0. The van der Waals surface area contributed by atoms with Gasteiger partial charge in [-0.25, -0.2) is 9.18 Å². The number of Topliss-reactive ketones (excluding diaryl/α,β-unsaturated/α-hetero) is 1. The molecule has 0 fully saturated rings. The first-order chi connectivity index (χ1) is 13.4. The van der Waals surface area contributed by atoms with E-state index in [1.807, 2.05) is 0 Å². The van der Waals surface area contributed by atoms with Crippen LogP contribution in [0.15, 0.2) is 57.7 Å². The molecule has 144 valence electrons. The number of methoxy groups -OCH3 is 2. The van der Waals surface area contributed by atoms with Crippen LogP contribution in [-0.4, -0.2) is 26.0 Å². The van der Waals surface area contributed by atoms with Crippen LogP contribution in [0.1, 0.15) is 28.3 Å². The molecule has 6 nitrogen and oxygen atoms in total. The monoisotopic (exact) mass is 384 g/mol. The molecule has 3 rings (SSSR count). The van der Waals surface area contributed by atoms with Gasteiger partial charge in [0.05, 0.1) is 20.1 Å². The van der Waals surface area contributed by atoms with Crippen molar-refractivity contribution in [3.05, 3.63) is 75.9 Å². The normalized spacial score (nSPS) is 11.8. The van der Waals surface area contributed by atoms with Crippen LogP contribution in [0.25, 0.3) is 11.0 Å². The molecule has 0 N–H and O–H groups in total. The number of benzene rings is 2. The quantitative estimate of drug-likeness (QED) is 0.368. The van der Waals surface area contributed by atoms with Gasteiger partial charge in [-0.05, 0) is 42.0 Å². The first-order valence-electron chi connectivity index (χ1n) is 8.41. The minimum atomic E-state index is -1.03. The Morgan fingerprint density at radius 2 is 1.79 bits per heavy atom. The van der Waals surface area contributed by atoms with E-state index in [0.29, 0.717) is 16.7 Å². The van der Waals surface area contributed by atoms with E-state index in [1.165, 1.54) is 50.6 Å². The van der Waals surface area contributed by atoms with Crippen molar-refractivity contribution >= 4 is 22.7 Å². The summed E-state index contributed by atoms with van der Waals surface area (Å²) < 4.78 is 28.3. The van der Waals surface area contributed by atoms with Crippen molar-refractivity contribution in [1.29, 1.82) is 0 Å². The van der Waals surface area contributed by atoms with Crippen LogP contribution in [0.3, 0.4) is 0 Å². The zero-order chi connectivity index (χ0) is 20.3. The third-order valence-corrected chi connectivity index (χ3v) is 4.40. The molecule has 0 aliphatic rings. The van der Waals surface area contributed by atoms with Crippen LogP contribution in [0, 0.1) is 5.82 Å². The van der Waals surface area contributed by atoms with Crippen molar-refractivity contribution < 1.29 is 27.9 Å². The zero-order valence-electron chi connectivity index (χ0n) is 15.2. The molecule has 1 atom stereocenters. The van der Waals surface area contributed by atoms with Gasteiger partial charge in [0, 0.05) is 29.5 Å². The number of ketones is 1. The van der Waals surface area contributed by atoms with Gasteiger partial charge in [0.25, 0.3) is 0 Å². The fraction of sp³-hybridized carbons (Fsp3) is 0.190. The van der Waals surface area contributed by atoms with Gasteiger partial charge in [-0.2, -0.15) is 0 Å². The Morgan fingerprint density at radius 1 is 1.07 bits per heavy atom. The van der Waals surface area contributed by atoms with Gasteiger partial charge in [0.1, 0.15) is 17.1 Å². The van der Waals surface area contributed by atoms with Crippen molar-refractivity contribution in [3.63, 3.8) is 0 Å². The number of rotatable bonds is 6. The molecule has 1 heterocycles. The number of carbonyl (C=O) groups is 2. The lowest BCUT2D eigenvalue weighted by molar-refractivity contribution is -0.142. The number of fused-ring (bicyclic) bond motifs is 1. The summed E-state index contributed by atoms with van der Waals surface area (Å²) in [5.41, 5.74) is 0.129. The third-order valence-electron chi connectivity index (χ3n) is 4.40. The Bertz CT molecular complexity index is 1080. The number of esters is 1. The highest BCUT2D eigenvalue weighted by atomic mass is 19.1. The van der Waals surface area contributed by atoms with Crippen LogP contribution >= 0.6 is 0 Å². The van der Waals surface area contributed by atoms with Gasteiger partial charge in [-0.1, -0.05) is 0 Å². The summed E-state index contributed by atoms with van der Waals surface area (Å²) in [6.07, 6.45) is -0.247. The molecule has 0 unspecified atom stereocenters. The fourth-order valence-electron chi connectivity index (χ4n) is 2.98. The van der Waals surface area contributed by atoms with Crippen LogP contribution in [-0.2, 0) is 9.53 Å². The molecule has 0 bridgehead atoms. The van der Waals surface area contributed by atoms with E-state index in [0.717, 1.165) is 0 Å². The predicted octanol–water partition coefficient (Wildman–Crippen LogP) is 3.47. The standard InChI is InChI=1S/C21H17FO6/c1-26-14-7-8-15-16(11-20(24)28-19(15)9-14)17(21(25)27-2)10-18(23)12-3-5-13(22)6-4-12/h3-9,11,17H,10H2,1-2H3/t17-/m0/s1. The molecule has 3 aromatic rings. The Kier molecular flexibility index (Phi) is 5.54. The van der Waals surface area contributed by atoms with E-state index in [2.05, 4.69) is 0 Å². The predicted molar refractivity (Wildman–Crippen MR) is 99.1 cm³/mol. The average molecular weight is 384 g/mol. The molecule has 0 saturated heterocycles. The fourth-order valence-corrected chi connectivity index (χ4v) is 2.98. The summed E-state index contributed by atoms with van der Waals surface area (Å²) in [4.78, 5) is 37.1. The average Bonchev–Trinajstić information content (AvgIpc) is 2.70. The largest absolute Gasteiger partial charge is 0.497 e. The van der Waals surface area contributed by atoms with Crippen molar-refractivity contribution in [2.75, 3.05) is 14.2 Å². The maximum Gasteiger partial charge on any atom is 0.336 e. The van der Waals surface area contributed by atoms with Gasteiger partial charge in [0.2, 0.25) is 0 Å². The molecule has 0 aliphatic carbocycles. The molecule has 1 aromatic heterocycles. The van der Waals surface area contributed by atoms with E-state index in [-0.39, 0.29) is 23.4 Å². The number of hydrogen-bond donors (Lipinski definition) is 0. The Morgan fingerprint density at radius 3 is 2.43 bits per heavy atom. The van der Waals surface area contributed by atoms with E-state index in [4.69, 9.17) is 13.9 Å². The minimum absolute atomic E-state index is 0.227. The highest BCUT2D eigenvalue weighted by molar-refractivity contribution is 6.00. The molecule has 0 radical (unpaired) electrons. The maximum atomic E-state index is 13.1. The van der Waals surface area contributed by atoms with E-state index in [9.17, 15) is 18.8 Å². The van der Waals surface area contributed by atoms with Gasteiger partial charge < -0.3 is 13.9 Å². The zero-order valence-corrected chi connectivity index (χ0v) is 15.2. The Labute approximate surface area is 159 Å². The molecule has 2 aromatic carbocycles. The van der Waals surface area contributed by atoms with Gasteiger partial charge in [-0.3, -0.25) is 9.59 Å². The van der Waals surface area contributed by atoms with Gasteiger partial charge in [-0.15, -0.1) is 0 Å². The smallest absolute Gasteiger partial charge is 0.336 e. The lowest BCUT2D eigenvalue weighted by atomic mass is 9.89. The van der Waals surface area contributed by atoms with E-state index >= 15 is 0 Å². The number of hydrogen-bond acceptors (Lipinski definition) is 6. The molecule has 0 amide bonds. The summed E-state index contributed by atoms with van der Waals surface area (Å²) in [6.45, 7) is 0. The number of carbonyl (C=O) groups excluding carboxylic acids is 2. The molecule has 7 heteroatoms. The summed E-state index contributed by atoms with van der Waals surface area (Å²) in [6, 6.07) is 11.0. The molecule has 0 saturated carbocycles. The van der Waals surface area contributed by atoms with Crippen molar-refractivity contribution in [3.8, 4) is 5.75 Å². The molecule has 28 heavy (non-hydrogen) atoms. The molecular weight excluding hydrogens is 367 g/mol. The SMILES string of the molecule is COC(=O)[C@@H](CC(=O)c1ccc(F)cc1)c1cc(=O)oc2cc(OC)ccc12. The minimum Gasteiger partial charge on any atom is -0.497 e. The van der Waals surface area contributed by atoms with Gasteiger partial charge in [0.15, 0.2) is 5.78 Å². The van der Waals surface area contributed by atoms with Crippen molar-refractivity contribution in [2.24, 2.45) is 0 Å². The summed E-state index contributed by atoms with van der Waals surface area (Å²) in [5, 5.41) is 0.489. The molecular formula is C21H17FO6. The molecule has 0 spiro atoms. The van der Waals surface area contributed by atoms with E-state index < -0.39 is 23.3 Å². The lowest BCUT2D eigenvalue weighted by Gasteiger charge is -2.16. The van der Waals surface area contributed by atoms with Crippen LogP contribution in [0.5, 0.6) is 5.75 Å². The van der Waals surface area contributed by atoms with Crippen molar-refractivity contribution in [1.82, 2.24) is 0 Å². The topological polar surface area (TPSA) is 82.8 Å². The summed E-state index contributed by atoms with van der Waals surface area (Å²) in [5.74, 6) is -2.07. The third kappa shape index (κ3) is 3.93. The van der Waals surface area contributed by atoms with Gasteiger partial charge >= 0.3 is 11.6 Å². The second-order valence-corrected chi connectivity index (χ2v) is 6.09. The second kappa shape index (κ2) is 8.04. The highest BCUT2D eigenvalue weighted by Gasteiger charge is 2.28. The van der Waals surface area contributed by atoms with E-state index in [1.54, 1.807) is 12.1 Å². The van der Waals surface area contributed by atoms with Crippen LogP contribution in [0.2, 0.25) is 0 Å². The second-order valence-electron chi connectivity index (χ2n) is 6.09. The highest BCUT2D eigenvalue weighted by Crippen LogP contribution is 2.31. The maximum absolute atomic E-state index is 13.1. The Hall–Kier alpha value is -3.48. The first kappa shape index (κ1) is 19.3. The summed E-state index contributed by atoms with van der Waals surface area (Å²) in [7, 11) is 2.68. The van der Waals surface area contributed by atoms with Crippen LogP contribution in [0.4, 0.5) is 4.39 Å². The first-order valence-corrected chi connectivity index (χ1v) is 8.41. The number of halogens is 1. The van der Waals surface area contributed by atoms with Crippen molar-refractivity contribution in [2.45, 2.75) is 12.3 Å². The lowest BCUT2D eigenvalue weighted by Crippen LogP contribution is -2.20.